The summed E-state index contributed by atoms with van der Waals surface area (Å²) in [5, 5.41) is 0. The van der Waals surface area contributed by atoms with E-state index >= 15 is 0 Å². The maximum atomic E-state index is 12.8. The molecule has 0 amide bonds. The number of ether oxygens (including phenoxy) is 2. The van der Waals surface area contributed by atoms with E-state index in [-0.39, 0.29) is 11.4 Å². The third kappa shape index (κ3) is 3.83. The highest BCUT2D eigenvalue weighted by Crippen LogP contribution is 2.27. The molecule has 0 aliphatic rings. The van der Waals surface area contributed by atoms with Crippen LogP contribution in [-0.4, -0.2) is 38.7 Å². The van der Waals surface area contributed by atoms with Crippen LogP contribution >= 0.6 is 0 Å². The van der Waals surface area contributed by atoms with E-state index in [4.69, 9.17) is 9.47 Å². The van der Waals surface area contributed by atoms with Crippen molar-refractivity contribution < 1.29 is 17.9 Å². The number of rotatable bonds is 7. The Morgan fingerprint density at radius 2 is 1.79 bits per heavy atom. The molecule has 0 fully saturated rings. The van der Waals surface area contributed by atoms with Crippen LogP contribution in [0.1, 0.15) is 17.0 Å². The predicted molar refractivity (Wildman–Crippen MR) is 109 cm³/mol. The van der Waals surface area contributed by atoms with Crippen LogP contribution in [0.15, 0.2) is 35.2 Å². The van der Waals surface area contributed by atoms with E-state index in [0.29, 0.717) is 12.2 Å². The molecule has 0 atom stereocenters. The van der Waals surface area contributed by atoms with Crippen LogP contribution in [0.2, 0.25) is 0 Å². The van der Waals surface area contributed by atoms with Gasteiger partial charge in [-0.2, -0.15) is 0 Å². The first-order valence-electron chi connectivity index (χ1n) is 8.91. The molecule has 0 aliphatic carbocycles. The molecule has 0 bridgehead atoms. The summed E-state index contributed by atoms with van der Waals surface area (Å²) < 4.78 is 40.7. The van der Waals surface area contributed by atoms with E-state index in [9.17, 15) is 8.42 Å². The maximum absolute atomic E-state index is 12.8. The second-order valence-corrected chi connectivity index (χ2v) is 8.41. The molecule has 3 aromatic rings. The lowest BCUT2D eigenvalue weighted by molar-refractivity contribution is 0.402. The lowest BCUT2D eigenvalue weighted by Gasteiger charge is -2.13. The van der Waals surface area contributed by atoms with Crippen LogP contribution in [0.3, 0.4) is 0 Å². The minimum atomic E-state index is -3.70. The molecule has 7 nitrogen and oxygen atoms in total. The van der Waals surface area contributed by atoms with Gasteiger partial charge in [0, 0.05) is 26.1 Å². The summed E-state index contributed by atoms with van der Waals surface area (Å²) in [6, 6.07) is 9.06. The zero-order valence-electron chi connectivity index (χ0n) is 16.7. The Kier molecular flexibility index (Phi) is 5.62. The van der Waals surface area contributed by atoms with Crippen LogP contribution in [0.5, 0.6) is 11.5 Å². The third-order valence-electron chi connectivity index (χ3n) is 4.89. The highest BCUT2D eigenvalue weighted by molar-refractivity contribution is 7.89. The topological polar surface area (TPSA) is 82.4 Å². The largest absolute Gasteiger partial charge is 0.497 e. The zero-order valence-corrected chi connectivity index (χ0v) is 17.6. The van der Waals surface area contributed by atoms with Gasteiger partial charge in [-0.25, -0.2) is 18.1 Å². The van der Waals surface area contributed by atoms with Crippen LogP contribution in [0, 0.1) is 13.8 Å². The van der Waals surface area contributed by atoms with Gasteiger partial charge in [0.15, 0.2) is 0 Å². The lowest BCUT2D eigenvalue weighted by atomic mass is 10.1. The number of nitrogens with one attached hydrogen (secondary N) is 1. The van der Waals surface area contributed by atoms with Gasteiger partial charge in [0.1, 0.15) is 22.2 Å². The summed E-state index contributed by atoms with van der Waals surface area (Å²) in [6.45, 7) is 4.02. The first kappa shape index (κ1) is 20.2. The number of nitrogens with zero attached hydrogens (tertiary/aromatic N) is 2. The van der Waals surface area contributed by atoms with Gasteiger partial charge < -0.3 is 14.0 Å². The van der Waals surface area contributed by atoms with Crippen molar-refractivity contribution in [2.24, 2.45) is 7.05 Å². The van der Waals surface area contributed by atoms with Gasteiger partial charge in [-0.3, -0.25) is 0 Å². The molecular formula is C20H25N3O4S. The van der Waals surface area contributed by atoms with Crippen molar-refractivity contribution in [2.45, 2.75) is 25.2 Å². The van der Waals surface area contributed by atoms with Crippen LogP contribution < -0.4 is 14.2 Å². The van der Waals surface area contributed by atoms with Gasteiger partial charge in [0.2, 0.25) is 10.0 Å². The van der Waals surface area contributed by atoms with E-state index in [2.05, 4.69) is 9.71 Å². The van der Waals surface area contributed by atoms with Gasteiger partial charge >= 0.3 is 0 Å². The van der Waals surface area contributed by atoms with Gasteiger partial charge in [-0.15, -0.1) is 0 Å². The van der Waals surface area contributed by atoms with Crippen molar-refractivity contribution in [3.05, 3.63) is 47.3 Å². The fraction of sp³-hybridized carbons (Fsp3) is 0.350. The number of methoxy groups -OCH3 is 2. The molecule has 8 heteroatoms. The summed E-state index contributed by atoms with van der Waals surface area (Å²) in [7, 11) is 1.30. The molecule has 0 saturated heterocycles. The summed E-state index contributed by atoms with van der Waals surface area (Å²) in [5.41, 5.74) is 3.65. The number of benzene rings is 2. The Morgan fingerprint density at radius 3 is 2.46 bits per heavy atom. The molecule has 0 saturated carbocycles. The Balaban J connectivity index is 1.78. The molecule has 0 spiro atoms. The minimum absolute atomic E-state index is 0.146. The summed E-state index contributed by atoms with van der Waals surface area (Å²) in [5.74, 6) is 1.86. The molecule has 28 heavy (non-hydrogen) atoms. The Hall–Kier alpha value is -2.58. The SMILES string of the molecule is COc1ccc2c(c1)nc(CCNS(=O)(=O)c1cc(C)c(C)cc1OC)n2C. The number of aryl methyl sites for hydroxylation is 3. The van der Waals surface area contributed by atoms with E-state index in [1.54, 1.807) is 19.2 Å². The smallest absolute Gasteiger partial charge is 0.244 e. The first-order valence-corrected chi connectivity index (χ1v) is 10.4. The number of sulfonamides is 1. The second kappa shape index (κ2) is 7.81. The molecular weight excluding hydrogens is 378 g/mol. The normalized spacial score (nSPS) is 11.8. The Labute approximate surface area is 165 Å². The molecule has 0 unspecified atom stereocenters. The molecule has 0 radical (unpaired) electrons. The third-order valence-corrected chi connectivity index (χ3v) is 6.37. The number of aromatic nitrogens is 2. The van der Waals surface area contributed by atoms with Crippen molar-refractivity contribution >= 4 is 21.1 Å². The van der Waals surface area contributed by atoms with E-state index in [1.165, 1.54) is 7.11 Å². The number of hydrogen-bond acceptors (Lipinski definition) is 5. The average molecular weight is 404 g/mol. The van der Waals surface area contributed by atoms with Crippen LogP contribution in [0.25, 0.3) is 11.0 Å². The van der Waals surface area contributed by atoms with Crippen molar-refractivity contribution in [2.75, 3.05) is 20.8 Å². The molecule has 0 aliphatic heterocycles. The quantitative estimate of drug-likeness (QED) is 0.656. The van der Waals surface area contributed by atoms with Crippen molar-refractivity contribution in [3.8, 4) is 11.5 Å². The highest BCUT2D eigenvalue weighted by atomic mass is 32.2. The number of hydrogen-bond donors (Lipinski definition) is 1. The number of fused-ring (bicyclic) bond motifs is 1. The van der Waals surface area contributed by atoms with Gasteiger partial charge in [-0.05, 0) is 49.2 Å². The summed E-state index contributed by atoms with van der Waals surface area (Å²) in [6.07, 6.45) is 0.458. The van der Waals surface area contributed by atoms with Crippen molar-refractivity contribution in [1.82, 2.24) is 14.3 Å². The Morgan fingerprint density at radius 1 is 1.07 bits per heavy atom. The number of imidazole rings is 1. The fourth-order valence-corrected chi connectivity index (χ4v) is 4.35. The van der Waals surface area contributed by atoms with Crippen LogP contribution in [-0.2, 0) is 23.5 Å². The van der Waals surface area contributed by atoms with Gasteiger partial charge in [-0.1, -0.05) is 0 Å². The van der Waals surface area contributed by atoms with E-state index in [1.807, 2.05) is 43.7 Å². The molecule has 1 heterocycles. The summed E-state index contributed by atoms with van der Waals surface area (Å²) in [4.78, 5) is 4.74. The van der Waals surface area contributed by atoms with Crippen molar-refractivity contribution in [3.63, 3.8) is 0 Å². The molecule has 1 aromatic heterocycles. The van der Waals surface area contributed by atoms with Crippen molar-refractivity contribution in [1.29, 1.82) is 0 Å². The predicted octanol–water partition coefficient (Wildman–Crippen LogP) is 2.73. The highest BCUT2D eigenvalue weighted by Gasteiger charge is 2.20. The minimum Gasteiger partial charge on any atom is -0.497 e. The zero-order chi connectivity index (χ0) is 20.5. The monoisotopic (exact) mass is 403 g/mol. The standard InChI is InChI=1S/C20H25N3O4S/c1-13-10-18(27-5)19(11-14(13)2)28(24,25)21-9-8-20-22-16-12-15(26-4)6-7-17(16)23(20)3/h6-7,10-12,21H,8-9H2,1-5H3. The molecule has 1 N–H and O–H groups in total. The average Bonchev–Trinajstić information content (AvgIpc) is 2.98. The first-order chi connectivity index (χ1) is 13.3. The molecule has 3 rings (SSSR count). The second-order valence-electron chi connectivity index (χ2n) is 6.68. The summed E-state index contributed by atoms with van der Waals surface area (Å²) >= 11 is 0. The van der Waals surface area contributed by atoms with E-state index in [0.717, 1.165) is 33.7 Å². The molecule has 150 valence electrons. The molecule has 2 aromatic carbocycles. The lowest BCUT2D eigenvalue weighted by Crippen LogP contribution is -2.27. The van der Waals surface area contributed by atoms with Crippen LogP contribution in [0.4, 0.5) is 0 Å². The van der Waals surface area contributed by atoms with E-state index < -0.39 is 10.0 Å². The Bertz CT molecular complexity index is 1120. The maximum Gasteiger partial charge on any atom is 0.244 e. The van der Waals surface area contributed by atoms with Gasteiger partial charge in [0.05, 0.1) is 25.3 Å². The van der Waals surface area contributed by atoms with Gasteiger partial charge in [0.25, 0.3) is 0 Å². The fourth-order valence-electron chi connectivity index (χ4n) is 3.09.